The molecule has 28 heavy (non-hydrogen) atoms. The number of aryl methyl sites for hydroxylation is 2. The standard InChI is InChI=1S/C23H20N2O3/c1-14-12-15(2)21-20(13-14)25-23(28-21)17-4-8-18(9-5-17)24-22(26)16-6-10-19(27-3)11-7-16/h4-13H,1-3H3,(H,24,26). The molecule has 1 aromatic heterocycles. The van der Waals surface area contributed by atoms with Crippen LogP contribution in [0.1, 0.15) is 21.5 Å². The van der Waals surface area contributed by atoms with Crippen LogP contribution in [0.4, 0.5) is 5.69 Å². The van der Waals surface area contributed by atoms with Crippen LogP contribution in [0.2, 0.25) is 0 Å². The normalized spacial score (nSPS) is 10.8. The first-order valence-electron chi connectivity index (χ1n) is 8.97. The fourth-order valence-corrected chi connectivity index (χ4v) is 3.14. The van der Waals surface area contributed by atoms with E-state index in [1.54, 1.807) is 31.4 Å². The van der Waals surface area contributed by atoms with Crippen LogP contribution < -0.4 is 10.1 Å². The van der Waals surface area contributed by atoms with Gasteiger partial charge in [0.25, 0.3) is 5.91 Å². The van der Waals surface area contributed by atoms with E-state index in [-0.39, 0.29) is 5.91 Å². The molecular formula is C23H20N2O3. The topological polar surface area (TPSA) is 64.4 Å². The van der Waals surface area contributed by atoms with Crippen LogP contribution in [0, 0.1) is 13.8 Å². The minimum absolute atomic E-state index is 0.177. The zero-order valence-electron chi connectivity index (χ0n) is 15.9. The van der Waals surface area contributed by atoms with Crippen molar-refractivity contribution < 1.29 is 13.9 Å². The number of aromatic nitrogens is 1. The average Bonchev–Trinajstić information content (AvgIpc) is 3.13. The fourth-order valence-electron chi connectivity index (χ4n) is 3.14. The first-order chi connectivity index (χ1) is 13.5. The van der Waals surface area contributed by atoms with Crippen molar-refractivity contribution in [1.29, 1.82) is 0 Å². The molecule has 1 amide bonds. The first-order valence-corrected chi connectivity index (χ1v) is 8.97. The highest BCUT2D eigenvalue weighted by Crippen LogP contribution is 2.28. The third kappa shape index (κ3) is 3.47. The molecule has 0 radical (unpaired) electrons. The molecule has 5 nitrogen and oxygen atoms in total. The van der Waals surface area contributed by atoms with Gasteiger partial charge in [-0.25, -0.2) is 4.98 Å². The van der Waals surface area contributed by atoms with Crippen molar-refractivity contribution in [3.05, 3.63) is 77.4 Å². The number of amides is 1. The monoisotopic (exact) mass is 372 g/mol. The van der Waals surface area contributed by atoms with Crippen molar-refractivity contribution in [2.24, 2.45) is 0 Å². The van der Waals surface area contributed by atoms with Gasteiger partial charge in [0, 0.05) is 16.8 Å². The number of benzene rings is 3. The van der Waals surface area contributed by atoms with Crippen molar-refractivity contribution in [1.82, 2.24) is 4.98 Å². The van der Waals surface area contributed by atoms with Crippen LogP contribution >= 0.6 is 0 Å². The maximum absolute atomic E-state index is 12.4. The predicted molar refractivity (Wildman–Crippen MR) is 110 cm³/mol. The predicted octanol–water partition coefficient (Wildman–Crippen LogP) is 5.37. The van der Waals surface area contributed by atoms with Crippen LogP contribution in [-0.4, -0.2) is 18.0 Å². The number of hydrogen-bond acceptors (Lipinski definition) is 4. The highest BCUT2D eigenvalue weighted by atomic mass is 16.5. The molecule has 0 bridgehead atoms. The molecule has 0 saturated carbocycles. The highest BCUT2D eigenvalue weighted by molar-refractivity contribution is 6.04. The van der Waals surface area contributed by atoms with E-state index in [0.717, 1.165) is 27.8 Å². The van der Waals surface area contributed by atoms with Gasteiger partial charge in [0.2, 0.25) is 5.89 Å². The zero-order chi connectivity index (χ0) is 19.7. The summed E-state index contributed by atoms with van der Waals surface area (Å²) in [6, 6.07) is 18.5. The van der Waals surface area contributed by atoms with Crippen molar-refractivity contribution in [3.8, 4) is 17.2 Å². The number of fused-ring (bicyclic) bond motifs is 1. The third-order valence-electron chi connectivity index (χ3n) is 4.56. The van der Waals surface area contributed by atoms with E-state index in [0.29, 0.717) is 22.9 Å². The Kier molecular flexibility index (Phi) is 4.57. The molecule has 0 aliphatic carbocycles. The molecule has 0 saturated heterocycles. The van der Waals surface area contributed by atoms with E-state index in [4.69, 9.17) is 9.15 Å². The maximum atomic E-state index is 12.4. The summed E-state index contributed by atoms with van der Waals surface area (Å²) in [5.41, 5.74) is 6.00. The van der Waals surface area contributed by atoms with Gasteiger partial charge >= 0.3 is 0 Å². The molecule has 0 fully saturated rings. The van der Waals surface area contributed by atoms with Crippen molar-refractivity contribution >= 4 is 22.7 Å². The zero-order valence-corrected chi connectivity index (χ0v) is 15.9. The number of rotatable bonds is 4. The summed E-state index contributed by atoms with van der Waals surface area (Å²) in [5.74, 6) is 1.10. The van der Waals surface area contributed by atoms with E-state index in [1.807, 2.05) is 44.2 Å². The van der Waals surface area contributed by atoms with E-state index in [1.165, 1.54) is 0 Å². The lowest BCUT2D eigenvalue weighted by atomic mass is 10.1. The van der Waals surface area contributed by atoms with Gasteiger partial charge in [0.05, 0.1) is 7.11 Å². The van der Waals surface area contributed by atoms with Gasteiger partial charge in [-0.1, -0.05) is 6.07 Å². The second-order valence-electron chi connectivity index (χ2n) is 6.71. The van der Waals surface area contributed by atoms with Gasteiger partial charge in [0.15, 0.2) is 5.58 Å². The highest BCUT2D eigenvalue weighted by Gasteiger charge is 2.11. The van der Waals surface area contributed by atoms with E-state index in [9.17, 15) is 4.79 Å². The SMILES string of the molecule is COc1ccc(C(=O)Nc2ccc(-c3nc4cc(C)cc(C)c4o3)cc2)cc1. The number of hydrogen-bond donors (Lipinski definition) is 1. The Hall–Kier alpha value is -3.60. The smallest absolute Gasteiger partial charge is 0.255 e. The molecule has 4 aromatic rings. The Morgan fingerprint density at radius 3 is 2.39 bits per heavy atom. The largest absolute Gasteiger partial charge is 0.497 e. The summed E-state index contributed by atoms with van der Waals surface area (Å²) in [5, 5.41) is 2.89. The summed E-state index contributed by atoms with van der Waals surface area (Å²) in [7, 11) is 1.59. The van der Waals surface area contributed by atoms with Crippen molar-refractivity contribution in [2.45, 2.75) is 13.8 Å². The van der Waals surface area contributed by atoms with Crippen LogP contribution in [0.5, 0.6) is 5.75 Å². The average molecular weight is 372 g/mol. The van der Waals surface area contributed by atoms with E-state index < -0.39 is 0 Å². The molecule has 1 N–H and O–H groups in total. The number of oxazole rings is 1. The van der Waals surface area contributed by atoms with E-state index >= 15 is 0 Å². The number of nitrogens with zero attached hydrogens (tertiary/aromatic N) is 1. The molecule has 140 valence electrons. The number of carbonyl (C=O) groups is 1. The van der Waals surface area contributed by atoms with Crippen LogP contribution in [0.3, 0.4) is 0 Å². The van der Waals surface area contributed by atoms with E-state index in [2.05, 4.69) is 16.4 Å². The summed E-state index contributed by atoms with van der Waals surface area (Å²) in [6.07, 6.45) is 0. The number of anilines is 1. The Balaban J connectivity index is 1.53. The minimum Gasteiger partial charge on any atom is -0.497 e. The maximum Gasteiger partial charge on any atom is 0.255 e. The lowest BCUT2D eigenvalue weighted by Crippen LogP contribution is -2.11. The summed E-state index contributed by atoms with van der Waals surface area (Å²) < 4.78 is 11.1. The van der Waals surface area contributed by atoms with Gasteiger partial charge in [-0.15, -0.1) is 0 Å². The number of methoxy groups -OCH3 is 1. The summed E-state index contributed by atoms with van der Waals surface area (Å²) in [4.78, 5) is 17.0. The van der Waals surface area contributed by atoms with Gasteiger partial charge in [-0.3, -0.25) is 4.79 Å². The van der Waals surface area contributed by atoms with Crippen LogP contribution in [0.25, 0.3) is 22.6 Å². The second kappa shape index (κ2) is 7.19. The number of ether oxygens (including phenoxy) is 1. The molecular weight excluding hydrogens is 352 g/mol. The third-order valence-corrected chi connectivity index (χ3v) is 4.56. The molecule has 0 aliphatic rings. The molecule has 3 aromatic carbocycles. The molecule has 5 heteroatoms. The minimum atomic E-state index is -0.177. The molecule has 0 unspecified atom stereocenters. The van der Waals surface area contributed by atoms with Crippen molar-refractivity contribution in [2.75, 3.05) is 12.4 Å². The van der Waals surface area contributed by atoms with Gasteiger partial charge in [-0.2, -0.15) is 0 Å². The fraction of sp³-hybridized carbons (Fsp3) is 0.130. The molecule has 1 heterocycles. The molecule has 4 rings (SSSR count). The second-order valence-corrected chi connectivity index (χ2v) is 6.71. The Bertz CT molecular complexity index is 1140. The molecule has 0 aliphatic heterocycles. The molecule has 0 spiro atoms. The first kappa shape index (κ1) is 17.8. The Morgan fingerprint density at radius 2 is 1.71 bits per heavy atom. The van der Waals surface area contributed by atoms with Gasteiger partial charge in [-0.05, 0) is 79.6 Å². The number of carbonyl (C=O) groups excluding carboxylic acids is 1. The van der Waals surface area contributed by atoms with Crippen LogP contribution in [0.15, 0.2) is 65.1 Å². The summed E-state index contributed by atoms with van der Waals surface area (Å²) >= 11 is 0. The van der Waals surface area contributed by atoms with Gasteiger partial charge in [0.1, 0.15) is 11.3 Å². The Morgan fingerprint density at radius 1 is 1.00 bits per heavy atom. The summed E-state index contributed by atoms with van der Waals surface area (Å²) in [6.45, 7) is 4.06. The number of nitrogens with one attached hydrogen (secondary N) is 1. The van der Waals surface area contributed by atoms with Crippen molar-refractivity contribution in [3.63, 3.8) is 0 Å². The van der Waals surface area contributed by atoms with Gasteiger partial charge < -0.3 is 14.5 Å². The Labute approximate surface area is 163 Å². The quantitative estimate of drug-likeness (QED) is 0.523. The lowest BCUT2D eigenvalue weighted by molar-refractivity contribution is 0.102. The van der Waals surface area contributed by atoms with Crippen LogP contribution in [-0.2, 0) is 0 Å². The molecule has 0 atom stereocenters. The lowest BCUT2D eigenvalue weighted by Gasteiger charge is -2.06.